The predicted molar refractivity (Wildman–Crippen MR) is 183 cm³/mol. The van der Waals surface area contributed by atoms with Crippen LogP contribution in [0, 0.1) is 5.92 Å². The molecular formula is C39H43N3O4. The van der Waals surface area contributed by atoms with Crippen molar-refractivity contribution in [2.75, 3.05) is 26.7 Å². The summed E-state index contributed by atoms with van der Waals surface area (Å²) < 4.78 is 14.7. The minimum atomic E-state index is -0.355. The standard InChI is InChI=1S/C39H43N3O4/c1-27-22-42(28(2)25-43)39(44)38-37(34-16-10-11-17-35(34)41(38)4)33-15-9-8-12-30(33)26-45-36(27)24-40(3)23-29-18-20-32(21-19-29)46-31-13-6-5-7-14-31/h5-21,27-28,36,43H,22-26H2,1-4H3/t27-,28+,36-/m0/s1. The van der Waals surface area contributed by atoms with E-state index in [2.05, 4.69) is 55.3 Å². The molecule has 1 aliphatic heterocycles. The highest BCUT2D eigenvalue weighted by Gasteiger charge is 2.33. The first-order valence-corrected chi connectivity index (χ1v) is 16.0. The summed E-state index contributed by atoms with van der Waals surface area (Å²) in [6, 6.07) is 34.0. The first-order chi connectivity index (χ1) is 22.3. The number of nitrogens with zero attached hydrogens (tertiary/aromatic N) is 3. The molecule has 1 amide bonds. The maximum Gasteiger partial charge on any atom is 0.271 e. The fourth-order valence-electron chi connectivity index (χ4n) is 6.50. The highest BCUT2D eigenvalue weighted by Crippen LogP contribution is 2.38. The summed E-state index contributed by atoms with van der Waals surface area (Å²) in [4.78, 5) is 18.7. The van der Waals surface area contributed by atoms with Crippen LogP contribution in [0.4, 0.5) is 0 Å². The number of fused-ring (bicyclic) bond motifs is 5. The molecule has 0 aliphatic carbocycles. The third kappa shape index (κ3) is 6.58. The fraction of sp³-hybridized carbons (Fsp3) is 0.308. The largest absolute Gasteiger partial charge is 0.457 e. The van der Waals surface area contributed by atoms with Crippen molar-refractivity contribution >= 4 is 16.8 Å². The molecule has 2 heterocycles. The lowest BCUT2D eigenvalue weighted by Crippen LogP contribution is -2.47. The normalized spacial score (nSPS) is 17.8. The van der Waals surface area contributed by atoms with Gasteiger partial charge in [-0.3, -0.25) is 9.69 Å². The van der Waals surface area contributed by atoms with E-state index in [0.29, 0.717) is 25.4 Å². The molecule has 1 N–H and O–H groups in total. The number of likely N-dealkylation sites (N-methyl/N-ethyl adjacent to an activating group) is 1. The van der Waals surface area contributed by atoms with E-state index in [1.54, 1.807) is 0 Å². The molecule has 0 saturated carbocycles. The zero-order chi connectivity index (χ0) is 32.2. The minimum absolute atomic E-state index is 0.00504. The molecule has 7 heteroatoms. The van der Waals surface area contributed by atoms with Crippen molar-refractivity contribution in [3.05, 3.63) is 120 Å². The lowest BCUT2D eigenvalue weighted by Gasteiger charge is -2.35. The van der Waals surface area contributed by atoms with Gasteiger partial charge in [-0.25, -0.2) is 0 Å². The summed E-state index contributed by atoms with van der Waals surface area (Å²) in [6.07, 6.45) is -0.155. The SMILES string of the molecule is C[C@H](CO)N1C[C@H](C)[C@H](CN(C)Cc2ccc(Oc3ccccc3)cc2)OCc2ccccc2-c2c(n(C)c3ccccc23)C1=O. The van der Waals surface area contributed by atoms with E-state index in [1.807, 2.05) is 90.2 Å². The van der Waals surface area contributed by atoms with Crippen LogP contribution < -0.4 is 4.74 Å². The van der Waals surface area contributed by atoms with Crippen LogP contribution in [0.15, 0.2) is 103 Å². The fourth-order valence-corrected chi connectivity index (χ4v) is 6.50. The maximum atomic E-state index is 14.6. The third-order valence-electron chi connectivity index (χ3n) is 9.07. The van der Waals surface area contributed by atoms with E-state index >= 15 is 0 Å². The molecule has 46 heavy (non-hydrogen) atoms. The second kappa shape index (κ2) is 13.9. The van der Waals surface area contributed by atoms with Gasteiger partial charge < -0.3 is 24.0 Å². The number of aromatic nitrogens is 1. The Kier molecular flexibility index (Phi) is 9.54. The average molecular weight is 618 g/mol. The van der Waals surface area contributed by atoms with Crippen LogP contribution in [0.5, 0.6) is 11.5 Å². The molecule has 1 aliphatic rings. The molecule has 6 rings (SSSR count). The van der Waals surface area contributed by atoms with Crippen LogP contribution in [-0.2, 0) is 24.9 Å². The van der Waals surface area contributed by atoms with Gasteiger partial charge in [-0.05, 0) is 61.0 Å². The molecule has 0 spiro atoms. The van der Waals surface area contributed by atoms with Crippen molar-refractivity contribution in [1.29, 1.82) is 0 Å². The number of benzene rings is 4. The Morgan fingerprint density at radius 2 is 1.61 bits per heavy atom. The molecule has 0 fully saturated rings. The van der Waals surface area contributed by atoms with Crippen LogP contribution in [0.1, 0.15) is 35.5 Å². The molecule has 0 unspecified atom stereocenters. The zero-order valence-corrected chi connectivity index (χ0v) is 27.1. The maximum absolute atomic E-state index is 14.6. The second-order valence-electron chi connectivity index (χ2n) is 12.5. The molecule has 238 valence electrons. The van der Waals surface area contributed by atoms with Gasteiger partial charge in [0, 0.05) is 49.1 Å². The number of ether oxygens (including phenoxy) is 2. The summed E-state index contributed by atoms with van der Waals surface area (Å²) in [5.74, 6) is 1.54. The molecule has 0 radical (unpaired) electrons. The van der Waals surface area contributed by atoms with Gasteiger partial charge in [-0.1, -0.05) is 79.7 Å². The number of aliphatic hydroxyl groups is 1. The van der Waals surface area contributed by atoms with Crippen molar-refractivity contribution in [1.82, 2.24) is 14.4 Å². The Morgan fingerprint density at radius 3 is 2.37 bits per heavy atom. The van der Waals surface area contributed by atoms with Crippen LogP contribution in [0.2, 0.25) is 0 Å². The average Bonchev–Trinajstić information content (AvgIpc) is 3.37. The van der Waals surface area contributed by atoms with Crippen molar-refractivity contribution in [2.24, 2.45) is 13.0 Å². The van der Waals surface area contributed by atoms with E-state index in [4.69, 9.17) is 9.47 Å². The molecule has 0 saturated heterocycles. The number of hydrogen-bond acceptors (Lipinski definition) is 5. The first kappa shape index (κ1) is 31.5. The Balaban J connectivity index is 1.28. The predicted octanol–water partition coefficient (Wildman–Crippen LogP) is 7.13. The van der Waals surface area contributed by atoms with Gasteiger partial charge in [0.15, 0.2) is 0 Å². The van der Waals surface area contributed by atoms with Gasteiger partial charge in [0.05, 0.1) is 25.4 Å². The Labute approximate surface area is 271 Å². The summed E-state index contributed by atoms with van der Waals surface area (Å²) >= 11 is 0. The van der Waals surface area contributed by atoms with Gasteiger partial charge in [-0.2, -0.15) is 0 Å². The monoisotopic (exact) mass is 617 g/mol. The third-order valence-corrected chi connectivity index (χ3v) is 9.07. The summed E-state index contributed by atoms with van der Waals surface area (Å²) in [5, 5.41) is 11.3. The van der Waals surface area contributed by atoms with Gasteiger partial charge in [0.25, 0.3) is 5.91 Å². The second-order valence-corrected chi connectivity index (χ2v) is 12.5. The molecule has 1 aromatic heterocycles. The quantitative estimate of drug-likeness (QED) is 0.201. The molecule has 5 aromatic rings. The van der Waals surface area contributed by atoms with Crippen LogP contribution >= 0.6 is 0 Å². The van der Waals surface area contributed by atoms with Gasteiger partial charge >= 0.3 is 0 Å². The van der Waals surface area contributed by atoms with Gasteiger partial charge in [-0.15, -0.1) is 0 Å². The van der Waals surface area contributed by atoms with E-state index in [9.17, 15) is 9.90 Å². The number of rotatable bonds is 8. The molecule has 7 nitrogen and oxygen atoms in total. The van der Waals surface area contributed by atoms with Crippen LogP contribution in [0.25, 0.3) is 22.0 Å². The van der Waals surface area contributed by atoms with E-state index < -0.39 is 0 Å². The number of para-hydroxylation sites is 2. The molecule has 3 atom stereocenters. The summed E-state index contributed by atoms with van der Waals surface area (Å²) in [7, 11) is 4.06. The zero-order valence-electron chi connectivity index (χ0n) is 27.1. The first-order valence-electron chi connectivity index (χ1n) is 16.0. The Morgan fingerprint density at radius 1 is 0.935 bits per heavy atom. The number of aryl methyl sites for hydroxylation is 1. The molecular weight excluding hydrogens is 574 g/mol. The minimum Gasteiger partial charge on any atom is -0.457 e. The highest BCUT2D eigenvalue weighted by molar-refractivity contribution is 6.10. The van der Waals surface area contributed by atoms with E-state index in [1.165, 1.54) is 5.56 Å². The van der Waals surface area contributed by atoms with Crippen molar-refractivity contribution < 1.29 is 19.4 Å². The number of carbonyl (C=O) groups is 1. The number of amides is 1. The lowest BCUT2D eigenvalue weighted by molar-refractivity contribution is -0.0242. The van der Waals surface area contributed by atoms with Crippen molar-refractivity contribution in [3.8, 4) is 22.6 Å². The number of hydrogen-bond donors (Lipinski definition) is 1. The number of carbonyl (C=O) groups excluding carboxylic acids is 1. The van der Waals surface area contributed by atoms with Crippen molar-refractivity contribution in [2.45, 2.75) is 39.1 Å². The topological polar surface area (TPSA) is 67.2 Å². The number of aliphatic hydroxyl groups excluding tert-OH is 1. The van der Waals surface area contributed by atoms with Crippen molar-refractivity contribution in [3.63, 3.8) is 0 Å². The molecule has 4 aromatic carbocycles. The Hall–Kier alpha value is -4.43. The highest BCUT2D eigenvalue weighted by atomic mass is 16.5. The van der Waals surface area contributed by atoms with Crippen LogP contribution in [-0.4, -0.2) is 64.3 Å². The summed E-state index contributed by atoms with van der Waals surface area (Å²) in [5.41, 5.74) is 5.77. The summed E-state index contributed by atoms with van der Waals surface area (Å²) in [6.45, 7) is 6.24. The van der Waals surface area contributed by atoms with Gasteiger partial charge in [0.2, 0.25) is 0 Å². The van der Waals surface area contributed by atoms with Gasteiger partial charge in [0.1, 0.15) is 17.2 Å². The lowest BCUT2D eigenvalue weighted by atomic mass is 9.96. The van der Waals surface area contributed by atoms with E-state index in [0.717, 1.165) is 45.6 Å². The molecule has 0 bridgehead atoms. The Bertz CT molecular complexity index is 1780. The van der Waals surface area contributed by atoms with Crippen LogP contribution in [0.3, 0.4) is 0 Å². The smallest absolute Gasteiger partial charge is 0.271 e. The van der Waals surface area contributed by atoms with E-state index in [-0.39, 0.29) is 30.6 Å².